The smallest absolute Gasteiger partial charge is 0.0505 e. The highest BCUT2D eigenvalue weighted by molar-refractivity contribution is 4.80. The highest BCUT2D eigenvalue weighted by atomic mass is 16.5. The number of methoxy groups -OCH3 is 1. The summed E-state index contributed by atoms with van der Waals surface area (Å²) in [7, 11) is 3.96. The van der Waals surface area contributed by atoms with Gasteiger partial charge in [-0.15, -0.1) is 0 Å². The van der Waals surface area contributed by atoms with Gasteiger partial charge in [0.05, 0.1) is 6.61 Å². The molecule has 0 saturated carbocycles. The maximum Gasteiger partial charge on any atom is 0.0505 e. The Hall–Kier alpha value is -0.0800. The van der Waals surface area contributed by atoms with Crippen molar-refractivity contribution in [2.45, 2.75) is 19.4 Å². The summed E-state index contributed by atoms with van der Waals surface area (Å²) in [5.74, 6) is 0.759. The van der Waals surface area contributed by atoms with E-state index in [0.717, 1.165) is 12.5 Å². The summed E-state index contributed by atoms with van der Waals surface area (Å²) >= 11 is 0. The average Bonchev–Trinajstić information content (AvgIpc) is 2.20. The Morgan fingerprint density at radius 2 is 2.30 bits per heavy atom. The molecule has 0 spiro atoms. The third-order valence-electron chi connectivity index (χ3n) is 2.61. The van der Waals surface area contributed by atoms with Crippen LogP contribution in [0.5, 0.6) is 0 Å². The predicted molar refractivity (Wildman–Crippen MR) is 42.1 cm³/mol. The van der Waals surface area contributed by atoms with Gasteiger partial charge in [-0.05, 0) is 32.9 Å². The van der Waals surface area contributed by atoms with Crippen molar-refractivity contribution in [3.05, 3.63) is 0 Å². The molecule has 0 aromatic rings. The van der Waals surface area contributed by atoms with Crippen LogP contribution in [0.15, 0.2) is 0 Å². The van der Waals surface area contributed by atoms with Gasteiger partial charge in [-0.2, -0.15) is 0 Å². The van der Waals surface area contributed by atoms with Crippen molar-refractivity contribution in [1.29, 1.82) is 0 Å². The van der Waals surface area contributed by atoms with E-state index >= 15 is 0 Å². The van der Waals surface area contributed by atoms with Gasteiger partial charge in [0.25, 0.3) is 0 Å². The average molecular weight is 143 g/mol. The van der Waals surface area contributed by atoms with Gasteiger partial charge >= 0.3 is 0 Å². The molecular weight excluding hydrogens is 126 g/mol. The minimum Gasteiger partial charge on any atom is -0.384 e. The van der Waals surface area contributed by atoms with Crippen LogP contribution in [0.3, 0.4) is 0 Å². The van der Waals surface area contributed by atoms with Crippen molar-refractivity contribution in [3.63, 3.8) is 0 Å². The summed E-state index contributed by atoms with van der Waals surface area (Å²) in [6.45, 7) is 4.43. The fourth-order valence-electron chi connectivity index (χ4n) is 1.61. The molecule has 1 rings (SSSR count). The largest absolute Gasteiger partial charge is 0.384 e. The van der Waals surface area contributed by atoms with E-state index in [0.29, 0.717) is 6.04 Å². The van der Waals surface area contributed by atoms with E-state index in [1.807, 2.05) is 0 Å². The number of ether oxygens (including phenoxy) is 1. The quantitative estimate of drug-likeness (QED) is 0.571. The summed E-state index contributed by atoms with van der Waals surface area (Å²) in [6, 6.07) is 0.708. The molecule has 0 unspecified atom stereocenters. The minimum atomic E-state index is 0.708. The summed E-state index contributed by atoms with van der Waals surface area (Å²) in [5.41, 5.74) is 0. The number of hydrogen-bond acceptors (Lipinski definition) is 2. The van der Waals surface area contributed by atoms with Crippen LogP contribution in [-0.2, 0) is 4.74 Å². The van der Waals surface area contributed by atoms with Crippen molar-refractivity contribution >= 4 is 0 Å². The van der Waals surface area contributed by atoms with Crippen LogP contribution in [0.25, 0.3) is 0 Å². The molecule has 1 heterocycles. The Bertz CT molecular complexity index is 103. The topological polar surface area (TPSA) is 12.5 Å². The number of likely N-dealkylation sites (tertiary alicyclic amines) is 1. The van der Waals surface area contributed by atoms with Crippen molar-refractivity contribution in [2.75, 3.05) is 27.3 Å². The normalized spacial score (nSPS) is 35.1. The van der Waals surface area contributed by atoms with Crippen molar-refractivity contribution in [1.82, 2.24) is 4.90 Å². The summed E-state index contributed by atoms with van der Waals surface area (Å²) < 4.78 is 5.12. The zero-order chi connectivity index (χ0) is 7.56. The third kappa shape index (κ3) is 1.50. The van der Waals surface area contributed by atoms with E-state index in [4.69, 9.17) is 4.74 Å². The molecule has 0 aromatic carbocycles. The molecule has 2 heteroatoms. The predicted octanol–water partition coefficient (Wildman–Crippen LogP) is 0.973. The Balaban J connectivity index is 2.33. The van der Waals surface area contributed by atoms with Crippen LogP contribution in [0.4, 0.5) is 0 Å². The first kappa shape index (κ1) is 8.02. The van der Waals surface area contributed by atoms with Crippen molar-refractivity contribution < 1.29 is 4.74 Å². The van der Waals surface area contributed by atoms with E-state index in [-0.39, 0.29) is 0 Å². The van der Waals surface area contributed by atoms with Gasteiger partial charge in [0.15, 0.2) is 0 Å². The van der Waals surface area contributed by atoms with Crippen LogP contribution in [-0.4, -0.2) is 38.3 Å². The van der Waals surface area contributed by atoms with Gasteiger partial charge < -0.3 is 9.64 Å². The van der Waals surface area contributed by atoms with Gasteiger partial charge in [0.1, 0.15) is 0 Å². The van der Waals surface area contributed by atoms with E-state index in [1.165, 1.54) is 13.0 Å². The maximum absolute atomic E-state index is 5.12. The van der Waals surface area contributed by atoms with Gasteiger partial charge in [0.2, 0.25) is 0 Å². The molecule has 60 valence electrons. The fraction of sp³-hybridized carbons (Fsp3) is 1.00. The minimum absolute atomic E-state index is 0.708. The molecule has 10 heavy (non-hydrogen) atoms. The van der Waals surface area contributed by atoms with Crippen LogP contribution < -0.4 is 0 Å². The highest BCUT2D eigenvalue weighted by Gasteiger charge is 2.27. The molecule has 0 aliphatic carbocycles. The Morgan fingerprint density at radius 3 is 2.70 bits per heavy atom. The van der Waals surface area contributed by atoms with Gasteiger partial charge in [-0.25, -0.2) is 0 Å². The molecule has 1 saturated heterocycles. The molecule has 0 aromatic heterocycles. The first-order valence-electron chi connectivity index (χ1n) is 3.95. The maximum atomic E-state index is 5.12. The lowest BCUT2D eigenvalue weighted by Crippen LogP contribution is -2.27. The lowest BCUT2D eigenvalue weighted by molar-refractivity contribution is 0.135. The summed E-state index contributed by atoms with van der Waals surface area (Å²) in [6.07, 6.45) is 1.30. The molecule has 1 aliphatic rings. The van der Waals surface area contributed by atoms with E-state index in [1.54, 1.807) is 7.11 Å². The lowest BCUT2D eigenvalue weighted by Gasteiger charge is -2.19. The second-order valence-electron chi connectivity index (χ2n) is 3.23. The Kier molecular flexibility index (Phi) is 2.69. The molecule has 1 fully saturated rings. The zero-order valence-electron chi connectivity index (χ0n) is 7.13. The molecule has 0 radical (unpaired) electrons. The molecular formula is C8H17NO. The second-order valence-corrected chi connectivity index (χ2v) is 3.23. The van der Waals surface area contributed by atoms with Crippen molar-refractivity contribution in [2.24, 2.45) is 5.92 Å². The van der Waals surface area contributed by atoms with E-state index in [9.17, 15) is 0 Å². The van der Waals surface area contributed by atoms with Gasteiger partial charge in [-0.3, -0.25) is 0 Å². The van der Waals surface area contributed by atoms with Crippen molar-refractivity contribution in [3.8, 4) is 0 Å². The number of rotatable bonds is 2. The molecule has 2 atom stereocenters. The van der Waals surface area contributed by atoms with E-state index < -0.39 is 0 Å². The number of hydrogen-bond donors (Lipinski definition) is 0. The van der Waals surface area contributed by atoms with Crippen LogP contribution >= 0.6 is 0 Å². The third-order valence-corrected chi connectivity index (χ3v) is 2.61. The molecule has 0 amide bonds. The van der Waals surface area contributed by atoms with Crippen LogP contribution in [0.1, 0.15) is 13.3 Å². The van der Waals surface area contributed by atoms with E-state index in [2.05, 4.69) is 18.9 Å². The number of nitrogens with zero attached hydrogens (tertiary/aromatic N) is 1. The Morgan fingerprint density at radius 1 is 1.60 bits per heavy atom. The molecule has 0 N–H and O–H groups in total. The SMILES string of the molecule is COC[C@H]1CCN(C)[C@H]1C. The molecule has 2 nitrogen and oxygen atoms in total. The molecule has 0 bridgehead atoms. The van der Waals surface area contributed by atoms with Crippen LogP contribution in [0.2, 0.25) is 0 Å². The first-order valence-corrected chi connectivity index (χ1v) is 3.95. The second kappa shape index (κ2) is 3.35. The monoisotopic (exact) mass is 143 g/mol. The first-order chi connectivity index (χ1) is 4.75. The standard InChI is InChI=1S/C8H17NO/c1-7-8(6-10-3)4-5-9(7)2/h7-8H,4-6H2,1-3H3/t7-,8+/m0/s1. The summed E-state index contributed by atoms with van der Waals surface area (Å²) in [4.78, 5) is 2.39. The summed E-state index contributed by atoms with van der Waals surface area (Å²) in [5, 5.41) is 0. The lowest BCUT2D eigenvalue weighted by atomic mass is 10.0. The zero-order valence-corrected chi connectivity index (χ0v) is 7.13. The van der Waals surface area contributed by atoms with Crippen LogP contribution in [0, 0.1) is 5.92 Å². The van der Waals surface area contributed by atoms with Gasteiger partial charge in [-0.1, -0.05) is 0 Å². The highest BCUT2D eigenvalue weighted by Crippen LogP contribution is 2.21. The Labute approximate surface area is 63.2 Å². The fourth-order valence-corrected chi connectivity index (χ4v) is 1.61. The molecule has 1 aliphatic heterocycles. The van der Waals surface area contributed by atoms with Gasteiger partial charge in [0, 0.05) is 13.2 Å².